The van der Waals surface area contributed by atoms with Crippen LogP contribution in [0.5, 0.6) is 0 Å². The first-order chi connectivity index (χ1) is 11.4. The van der Waals surface area contributed by atoms with Gasteiger partial charge in [-0.1, -0.05) is 42.5 Å². The van der Waals surface area contributed by atoms with E-state index in [1.54, 1.807) is 0 Å². The van der Waals surface area contributed by atoms with Crippen LogP contribution in [0.2, 0.25) is 0 Å². The van der Waals surface area contributed by atoms with Crippen LogP contribution in [-0.2, 0) is 6.54 Å². The van der Waals surface area contributed by atoms with Gasteiger partial charge in [0.1, 0.15) is 6.67 Å². The van der Waals surface area contributed by atoms with Crippen molar-refractivity contribution in [3.8, 4) is 0 Å². The highest BCUT2D eigenvalue weighted by Gasteiger charge is 2.21. The average Bonchev–Trinajstić information content (AvgIpc) is 2.63. The molecule has 1 heterocycles. The smallest absolute Gasteiger partial charge is 0.109 e. The lowest BCUT2D eigenvalue weighted by molar-refractivity contribution is 0.147. The Kier molecular flexibility index (Phi) is 5.61. The molecule has 0 unspecified atom stereocenters. The standard InChI is InChI=1S/C19H24FN3/c20-14-19(23-12-10-21-11-13-23)17-6-8-18(9-7-17)22-15-16-4-2-1-3-5-16/h1-9,19,21-22H,10-15H2/t19-/m0/s1. The largest absolute Gasteiger partial charge is 0.381 e. The lowest BCUT2D eigenvalue weighted by Gasteiger charge is -2.33. The minimum absolute atomic E-state index is 0.125. The van der Waals surface area contributed by atoms with E-state index in [1.807, 2.05) is 42.5 Å². The molecular formula is C19H24FN3. The van der Waals surface area contributed by atoms with Crippen molar-refractivity contribution in [2.24, 2.45) is 0 Å². The number of benzene rings is 2. The highest BCUT2D eigenvalue weighted by Crippen LogP contribution is 2.23. The predicted molar refractivity (Wildman–Crippen MR) is 93.4 cm³/mol. The summed E-state index contributed by atoms with van der Waals surface area (Å²) in [5.74, 6) is 0. The second kappa shape index (κ2) is 8.09. The third-order valence-electron chi connectivity index (χ3n) is 4.37. The van der Waals surface area contributed by atoms with Crippen LogP contribution in [0.3, 0.4) is 0 Å². The first-order valence-corrected chi connectivity index (χ1v) is 8.25. The molecule has 2 aromatic rings. The summed E-state index contributed by atoms with van der Waals surface area (Å²) in [5, 5.41) is 6.72. The van der Waals surface area contributed by atoms with Gasteiger partial charge in [-0.3, -0.25) is 4.90 Å². The van der Waals surface area contributed by atoms with E-state index in [4.69, 9.17) is 0 Å². The molecule has 0 radical (unpaired) electrons. The molecule has 1 aliphatic rings. The molecule has 0 spiro atoms. The SMILES string of the molecule is FC[C@@H](c1ccc(NCc2ccccc2)cc1)N1CCNCC1. The zero-order valence-corrected chi connectivity index (χ0v) is 13.3. The van der Waals surface area contributed by atoms with Gasteiger partial charge in [0.05, 0.1) is 6.04 Å². The Labute approximate surface area is 137 Å². The monoisotopic (exact) mass is 313 g/mol. The van der Waals surface area contributed by atoms with E-state index >= 15 is 0 Å². The molecule has 2 aromatic carbocycles. The van der Waals surface area contributed by atoms with Crippen LogP contribution in [0.15, 0.2) is 54.6 Å². The number of halogens is 1. The molecule has 0 aromatic heterocycles. The van der Waals surface area contributed by atoms with Gasteiger partial charge in [0.2, 0.25) is 0 Å². The summed E-state index contributed by atoms with van der Waals surface area (Å²) >= 11 is 0. The van der Waals surface area contributed by atoms with E-state index in [2.05, 4.69) is 27.7 Å². The van der Waals surface area contributed by atoms with E-state index in [-0.39, 0.29) is 12.7 Å². The maximum Gasteiger partial charge on any atom is 0.109 e. The second-order valence-electron chi connectivity index (χ2n) is 5.92. The molecule has 3 nitrogen and oxygen atoms in total. The van der Waals surface area contributed by atoms with Crippen molar-refractivity contribution in [3.05, 3.63) is 65.7 Å². The maximum atomic E-state index is 13.5. The van der Waals surface area contributed by atoms with Gasteiger partial charge in [-0.05, 0) is 23.3 Å². The quantitative estimate of drug-likeness (QED) is 0.857. The van der Waals surface area contributed by atoms with Crippen LogP contribution in [-0.4, -0.2) is 37.8 Å². The summed E-state index contributed by atoms with van der Waals surface area (Å²) in [5.41, 5.74) is 3.37. The second-order valence-corrected chi connectivity index (χ2v) is 5.92. The summed E-state index contributed by atoms with van der Waals surface area (Å²) in [4.78, 5) is 2.23. The van der Waals surface area contributed by atoms with Crippen molar-refractivity contribution in [2.75, 3.05) is 38.2 Å². The number of rotatable bonds is 6. The van der Waals surface area contributed by atoms with Gasteiger partial charge < -0.3 is 10.6 Å². The van der Waals surface area contributed by atoms with Crippen molar-refractivity contribution in [3.63, 3.8) is 0 Å². The molecule has 1 aliphatic heterocycles. The van der Waals surface area contributed by atoms with Gasteiger partial charge in [0.15, 0.2) is 0 Å². The Morgan fingerprint density at radius 2 is 1.70 bits per heavy atom. The van der Waals surface area contributed by atoms with Crippen molar-refractivity contribution in [2.45, 2.75) is 12.6 Å². The Balaban J connectivity index is 1.61. The van der Waals surface area contributed by atoms with Gasteiger partial charge in [-0.25, -0.2) is 4.39 Å². The van der Waals surface area contributed by atoms with Gasteiger partial charge in [-0.2, -0.15) is 0 Å². The fraction of sp³-hybridized carbons (Fsp3) is 0.368. The maximum absolute atomic E-state index is 13.5. The van der Waals surface area contributed by atoms with E-state index in [9.17, 15) is 4.39 Å². The molecule has 3 rings (SSSR count). The third kappa shape index (κ3) is 4.30. The zero-order valence-electron chi connectivity index (χ0n) is 13.3. The summed E-state index contributed by atoms with van der Waals surface area (Å²) in [6.45, 7) is 4.15. The van der Waals surface area contributed by atoms with Crippen LogP contribution in [0.1, 0.15) is 17.2 Å². The van der Waals surface area contributed by atoms with Gasteiger partial charge in [0.25, 0.3) is 0 Å². The number of nitrogens with one attached hydrogen (secondary N) is 2. The van der Waals surface area contributed by atoms with Crippen LogP contribution >= 0.6 is 0 Å². The molecule has 122 valence electrons. The van der Waals surface area contributed by atoms with Gasteiger partial charge in [0, 0.05) is 38.4 Å². The first-order valence-electron chi connectivity index (χ1n) is 8.25. The third-order valence-corrected chi connectivity index (χ3v) is 4.37. The minimum atomic E-state index is -0.337. The molecule has 1 fully saturated rings. The summed E-state index contributed by atoms with van der Waals surface area (Å²) in [7, 11) is 0. The molecule has 1 atom stereocenters. The highest BCUT2D eigenvalue weighted by atomic mass is 19.1. The summed E-state index contributed by atoms with van der Waals surface area (Å²) in [6, 6.07) is 18.4. The lowest BCUT2D eigenvalue weighted by atomic mass is 10.0. The van der Waals surface area contributed by atoms with E-state index < -0.39 is 0 Å². The fourth-order valence-corrected chi connectivity index (χ4v) is 3.01. The van der Waals surface area contributed by atoms with Crippen molar-refractivity contribution in [1.82, 2.24) is 10.2 Å². The van der Waals surface area contributed by atoms with Crippen LogP contribution in [0.4, 0.5) is 10.1 Å². The highest BCUT2D eigenvalue weighted by molar-refractivity contribution is 5.45. The number of anilines is 1. The predicted octanol–water partition coefficient (Wildman–Crippen LogP) is 3.21. The zero-order chi connectivity index (χ0) is 15.9. The molecule has 4 heteroatoms. The van der Waals surface area contributed by atoms with E-state index in [1.165, 1.54) is 5.56 Å². The summed E-state index contributed by atoms with van der Waals surface area (Å²) < 4.78 is 13.5. The van der Waals surface area contributed by atoms with Crippen molar-refractivity contribution < 1.29 is 4.39 Å². The van der Waals surface area contributed by atoms with Crippen LogP contribution < -0.4 is 10.6 Å². The molecule has 2 N–H and O–H groups in total. The lowest BCUT2D eigenvalue weighted by Crippen LogP contribution is -2.45. The number of hydrogen-bond acceptors (Lipinski definition) is 3. The van der Waals surface area contributed by atoms with Crippen molar-refractivity contribution in [1.29, 1.82) is 0 Å². The minimum Gasteiger partial charge on any atom is -0.381 e. The summed E-state index contributed by atoms with van der Waals surface area (Å²) in [6.07, 6.45) is 0. The van der Waals surface area contributed by atoms with Gasteiger partial charge in [-0.15, -0.1) is 0 Å². The molecule has 0 bridgehead atoms. The Morgan fingerprint density at radius 3 is 2.35 bits per heavy atom. The molecule has 23 heavy (non-hydrogen) atoms. The first kappa shape index (κ1) is 16.0. The average molecular weight is 313 g/mol. The van der Waals surface area contributed by atoms with Crippen LogP contribution in [0.25, 0.3) is 0 Å². The van der Waals surface area contributed by atoms with Crippen LogP contribution in [0, 0.1) is 0 Å². The normalized spacial score (nSPS) is 16.9. The van der Waals surface area contributed by atoms with E-state index in [0.29, 0.717) is 0 Å². The number of piperazine rings is 1. The van der Waals surface area contributed by atoms with Crippen molar-refractivity contribution >= 4 is 5.69 Å². The fourth-order valence-electron chi connectivity index (χ4n) is 3.01. The Bertz CT molecular complexity index is 579. The number of hydrogen-bond donors (Lipinski definition) is 2. The molecule has 1 saturated heterocycles. The Hall–Kier alpha value is -1.91. The Morgan fingerprint density at radius 1 is 1.00 bits per heavy atom. The molecule has 0 amide bonds. The molecular weight excluding hydrogens is 289 g/mol. The number of alkyl halides is 1. The van der Waals surface area contributed by atoms with E-state index in [0.717, 1.165) is 44.0 Å². The van der Waals surface area contributed by atoms with Gasteiger partial charge >= 0.3 is 0 Å². The number of nitrogens with zero attached hydrogens (tertiary/aromatic N) is 1. The molecule has 0 aliphatic carbocycles. The topological polar surface area (TPSA) is 27.3 Å². The molecule has 0 saturated carbocycles.